The van der Waals surface area contributed by atoms with E-state index in [0.717, 1.165) is 16.7 Å². The van der Waals surface area contributed by atoms with Crippen LogP contribution in [-0.2, 0) is 9.59 Å². The average molecular weight is 565 g/mol. The maximum Gasteiger partial charge on any atom is 0.224 e. The van der Waals surface area contributed by atoms with Crippen molar-refractivity contribution in [1.29, 1.82) is 0 Å². The predicted octanol–water partition coefficient (Wildman–Crippen LogP) is 11.0. The second-order valence-electron chi connectivity index (χ2n) is 13.2. The molecule has 0 spiro atoms. The van der Waals surface area contributed by atoms with Gasteiger partial charge < -0.3 is 0 Å². The largest absolute Gasteiger partial charge is 0.290 e. The molecule has 0 fully saturated rings. The standard InChI is InChI=1S/C40H52O2/c1-29(18-13-20-31(3)23-25-35-33(5)22-15-27-39(35,7)8)16-11-12-17-30(2)19-14-21-32(4)24-26-36-34(6)38(42)37(41)28-40(36,9)10/h11-14,16-21,23-26H,15,22,27-28H2,1-10H3/b12-11+,18-13+,19-14+,25-23+,26-24+,29-16+,30-17+,31-20+,32-21+. The highest BCUT2D eigenvalue weighted by atomic mass is 16.2. The lowest BCUT2D eigenvalue weighted by Crippen LogP contribution is -2.32. The summed E-state index contributed by atoms with van der Waals surface area (Å²) in [5, 5.41) is 0. The third-order valence-electron chi connectivity index (χ3n) is 8.16. The number of carbonyl (C=O) groups is 2. The summed E-state index contributed by atoms with van der Waals surface area (Å²) in [7, 11) is 0. The fourth-order valence-corrected chi connectivity index (χ4v) is 5.55. The number of Topliss-reactive ketones (excluding diaryl/α,β-unsaturated/α-hetero) is 2. The van der Waals surface area contributed by atoms with Gasteiger partial charge in [0.1, 0.15) is 0 Å². The van der Waals surface area contributed by atoms with Crippen molar-refractivity contribution in [3.05, 3.63) is 130 Å². The van der Waals surface area contributed by atoms with Gasteiger partial charge in [0.05, 0.1) is 0 Å². The number of carbonyl (C=O) groups excluding carboxylic acids is 2. The Labute approximate surface area is 256 Å². The Morgan fingerprint density at radius 1 is 0.619 bits per heavy atom. The first kappa shape index (κ1) is 34.7. The van der Waals surface area contributed by atoms with Gasteiger partial charge in [-0.3, -0.25) is 9.59 Å². The van der Waals surface area contributed by atoms with Crippen molar-refractivity contribution in [2.75, 3.05) is 0 Å². The van der Waals surface area contributed by atoms with Crippen molar-refractivity contribution < 1.29 is 9.59 Å². The molecule has 0 radical (unpaired) electrons. The zero-order chi connectivity index (χ0) is 31.5. The summed E-state index contributed by atoms with van der Waals surface area (Å²) in [6.07, 6.45) is 33.5. The molecule has 0 atom stereocenters. The molecule has 2 nitrogen and oxygen atoms in total. The summed E-state index contributed by atoms with van der Waals surface area (Å²) in [6.45, 7) is 21.1. The molecule has 2 heteroatoms. The Hall–Kier alpha value is -3.52. The van der Waals surface area contributed by atoms with Crippen LogP contribution >= 0.6 is 0 Å². The summed E-state index contributed by atoms with van der Waals surface area (Å²) in [5.41, 5.74) is 9.14. The quantitative estimate of drug-likeness (QED) is 0.195. The molecule has 2 rings (SSSR count). The first-order valence-electron chi connectivity index (χ1n) is 15.2. The molecule has 0 unspecified atom stereocenters. The van der Waals surface area contributed by atoms with Crippen LogP contribution in [0.2, 0.25) is 0 Å². The zero-order valence-electron chi connectivity index (χ0n) is 27.7. The molecule has 0 aliphatic heterocycles. The summed E-state index contributed by atoms with van der Waals surface area (Å²) in [6, 6.07) is 0. The van der Waals surface area contributed by atoms with Crippen LogP contribution in [0, 0.1) is 10.8 Å². The van der Waals surface area contributed by atoms with Gasteiger partial charge in [-0.1, -0.05) is 141 Å². The number of rotatable bonds is 10. The van der Waals surface area contributed by atoms with E-state index in [1.165, 1.54) is 41.6 Å². The van der Waals surface area contributed by atoms with Crippen LogP contribution in [0.1, 0.15) is 94.9 Å². The molecule has 2 aliphatic carbocycles. The summed E-state index contributed by atoms with van der Waals surface area (Å²) < 4.78 is 0. The van der Waals surface area contributed by atoms with E-state index in [-0.39, 0.29) is 28.8 Å². The molecule has 0 aromatic carbocycles. The summed E-state index contributed by atoms with van der Waals surface area (Å²) >= 11 is 0. The summed E-state index contributed by atoms with van der Waals surface area (Å²) in [5.74, 6) is -0.645. The number of ketones is 2. The van der Waals surface area contributed by atoms with Gasteiger partial charge in [-0.15, -0.1) is 0 Å². The second-order valence-corrected chi connectivity index (χ2v) is 13.2. The SMILES string of the molecule is CC1=C(/C=C/C(C)=C/C=C/C(C)=C/C=C/C=C(C)/C=C/C=C(C)/C=C/C2=C(C)C(=O)C(=O)CC2(C)C)C(C)(C)CCC1. The smallest absolute Gasteiger partial charge is 0.224 e. The Morgan fingerprint density at radius 3 is 1.57 bits per heavy atom. The molecule has 0 N–H and O–H groups in total. The molecule has 0 aromatic rings. The molecule has 0 amide bonds. The van der Waals surface area contributed by atoms with Crippen LogP contribution in [0.4, 0.5) is 0 Å². The molecule has 0 bridgehead atoms. The van der Waals surface area contributed by atoms with Crippen molar-refractivity contribution in [3.63, 3.8) is 0 Å². The minimum atomic E-state index is -0.354. The lowest BCUT2D eigenvalue weighted by Gasteiger charge is -2.32. The van der Waals surface area contributed by atoms with E-state index in [1.807, 2.05) is 45.1 Å². The zero-order valence-corrected chi connectivity index (χ0v) is 27.7. The van der Waals surface area contributed by atoms with E-state index in [2.05, 4.69) is 102 Å². The Morgan fingerprint density at radius 2 is 1.07 bits per heavy atom. The minimum Gasteiger partial charge on any atom is -0.290 e. The van der Waals surface area contributed by atoms with E-state index in [9.17, 15) is 9.59 Å². The monoisotopic (exact) mass is 564 g/mol. The normalized spacial score (nSPS) is 21.6. The van der Waals surface area contributed by atoms with Crippen molar-refractivity contribution >= 4 is 11.6 Å². The van der Waals surface area contributed by atoms with Gasteiger partial charge in [0.15, 0.2) is 0 Å². The first-order chi connectivity index (χ1) is 19.6. The Balaban J connectivity index is 1.92. The van der Waals surface area contributed by atoms with Crippen LogP contribution in [0.25, 0.3) is 0 Å². The number of hydrogen-bond donors (Lipinski definition) is 0. The van der Waals surface area contributed by atoms with Crippen LogP contribution in [0.3, 0.4) is 0 Å². The molecule has 2 aliphatic rings. The molecule has 0 saturated carbocycles. The van der Waals surface area contributed by atoms with E-state index >= 15 is 0 Å². The first-order valence-corrected chi connectivity index (χ1v) is 15.2. The van der Waals surface area contributed by atoms with Crippen LogP contribution in [0.15, 0.2) is 130 Å². The van der Waals surface area contributed by atoms with Gasteiger partial charge in [-0.25, -0.2) is 0 Å². The van der Waals surface area contributed by atoms with E-state index in [0.29, 0.717) is 5.57 Å². The van der Waals surface area contributed by atoms with Crippen molar-refractivity contribution in [1.82, 2.24) is 0 Å². The van der Waals surface area contributed by atoms with Gasteiger partial charge in [0.25, 0.3) is 0 Å². The highest BCUT2D eigenvalue weighted by molar-refractivity contribution is 6.44. The van der Waals surface area contributed by atoms with Crippen molar-refractivity contribution in [3.8, 4) is 0 Å². The minimum absolute atomic E-state index is 0.263. The lowest BCUT2D eigenvalue weighted by molar-refractivity contribution is -0.136. The van der Waals surface area contributed by atoms with Gasteiger partial charge >= 0.3 is 0 Å². The topological polar surface area (TPSA) is 34.1 Å². The summed E-state index contributed by atoms with van der Waals surface area (Å²) in [4.78, 5) is 24.1. The molecular formula is C40H52O2. The van der Waals surface area contributed by atoms with Crippen LogP contribution in [0.5, 0.6) is 0 Å². The van der Waals surface area contributed by atoms with Gasteiger partial charge in [0.2, 0.25) is 11.6 Å². The third-order valence-corrected chi connectivity index (χ3v) is 8.16. The van der Waals surface area contributed by atoms with E-state index in [4.69, 9.17) is 0 Å². The van der Waals surface area contributed by atoms with Crippen LogP contribution < -0.4 is 0 Å². The predicted molar refractivity (Wildman–Crippen MR) is 182 cm³/mol. The lowest BCUT2D eigenvalue weighted by atomic mass is 9.71. The van der Waals surface area contributed by atoms with E-state index in [1.54, 1.807) is 6.92 Å². The highest BCUT2D eigenvalue weighted by Gasteiger charge is 2.36. The number of hydrogen-bond acceptors (Lipinski definition) is 2. The fraction of sp³-hybridized carbons (Fsp3) is 0.400. The second kappa shape index (κ2) is 15.6. The maximum absolute atomic E-state index is 12.1. The van der Waals surface area contributed by atoms with E-state index < -0.39 is 0 Å². The Kier molecular flexibility index (Phi) is 12.9. The number of allylic oxidation sites excluding steroid dienone is 22. The molecule has 224 valence electrons. The van der Waals surface area contributed by atoms with Crippen molar-refractivity contribution in [2.24, 2.45) is 10.8 Å². The molecule has 0 aromatic heterocycles. The fourth-order valence-electron chi connectivity index (χ4n) is 5.55. The molecular weight excluding hydrogens is 512 g/mol. The average Bonchev–Trinajstić information content (AvgIpc) is 2.88. The Bertz CT molecular complexity index is 1380. The molecule has 42 heavy (non-hydrogen) atoms. The van der Waals surface area contributed by atoms with Gasteiger partial charge in [-0.2, -0.15) is 0 Å². The van der Waals surface area contributed by atoms with Crippen molar-refractivity contribution in [2.45, 2.75) is 94.9 Å². The molecule has 0 saturated heterocycles. The van der Waals surface area contributed by atoms with Gasteiger partial charge in [-0.05, 0) is 82.8 Å². The van der Waals surface area contributed by atoms with Gasteiger partial charge in [0, 0.05) is 12.0 Å². The molecule has 0 heterocycles. The third kappa shape index (κ3) is 10.7. The highest BCUT2D eigenvalue weighted by Crippen LogP contribution is 2.41. The van der Waals surface area contributed by atoms with Crippen LogP contribution in [-0.4, -0.2) is 11.6 Å². The maximum atomic E-state index is 12.1.